The van der Waals surface area contributed by atoms with Crippen molar-refractivity contribution in [3.63, 3.8) is 0 Å². The van der Waals surface area contributed by atoms with Gasteiger partial charge in [-0.25, -0.2) is 9.97 Å². The van der Waals surface area contributed by atoms with Gasteiger partial charge in [0, 0.05) is 30.0 Å². The van der Waals surface area contributed by atoms with E-state index < -0.39 is 0 Å². The maximum absolute atomic E-state index is 13.6. The summed E-state index contributed by atoms with van der Waals surface area (Å²) < 4.78 is 1.67. The van der Waals surface area contributed by atoms with Gasteiger partial charge in [0.2, 0.25) is 5.91 Å². The van der Waals surface area contributed by atoms with Gasteiger partial charge in [-0.05, 0) is 48.7 Å². The minimum absolute atomic E-state index is 0.0842. The zero-order valence-corrected chi connectivity index (χ0v) is 19.3. The molecule has 1 aliphatic rings. The Labute approximate surface area is 202 Å². The number of piperidine rings is 1. The van der Waals surface area contributed by atoms with Gasteiger partial charge < -0.3 is 10.2 Å². The number of amides is 1. The topological polar surface area (TPSA) is 80.1 Å². The lowest BCUT2D eigenvalue weighted by Crippen LogP contribution is -2.44. The summed E-state index contributed by atoms with van der Waals surface area (Å²) in [5.41, 5.74) is 2.66. The number of nitrogens with one attached hydrogen (secondary N) is 1. The van der Waals surface area contributed by atoms with E-state index in [2.05, 4.69) is 15.3 Å². The minimum atomic E-state index is -0.263. The monoisotopic (exact) mass is 473 g/mol. The molecule has 1 atom stereocenters. The van der Waals surface area contributed by atoms with Gasteiger partial charge in [-0.15, -0.1) is 0 Å². The highest BCUT2D eigenvalue weighted by molar-refractivity contribution is 6.30. The average Bonchev–Trinajstić information content (AvgIpc) is 2.86. The first-order valence-electron chi connectivity index (χ1n) is 11.3. The van der Waals surface area contributed by atoms with Crippen LogP contribution in [0.2, 0.25) is 5.02 Å². The number of fused-ring (bicyclic) bond motifs is 1. The van der Waals surface area contributed by atoms with Crippen LogP contribution in [0.5, 0.6) is 0 Å². The van der Waals surface area contributed by atoms with E-state index in [9.17, 15) is 9.59 Å². The van der Waals surface area contributed by atoms with Gasteiger partial charge in [-0.2, -0.15) is 0 Å². The Balaban J connectivity index is 1.44. The third kappa shape index (κ3) is 4.65. The lowest BCUT2D eigenvalue weighted by Gasteiger charge is -2.32. The van der Waals surface area contributed by atoms with Crippen LogP contribution in [0.1, 0.15) is 18.4 Å². The molecule has 1 N–H and O–H groups in total. The first-order chi connectivity index (χ1) is 16.6. The first kappa shape index (κ1) is 22.1. The molecule has 0 saturated carbocycles. The normalized spacial score (nSPS) is 15.9. The number of halogens is 1. The Hall–Kier alpha value is -3.71. The maximum atomic E-state index is 13.6. The highest BCUT2D eigenvalue weighted by Crippen LogP contribution is 2.23. The van der Waals surface area contributed by atoms with Crippen molar-refractivity contribution >= 4 is 40.2 Å². The predicted octanol–water partition coefficient (Wildman–Crippen LogP) is 4.35. The van der Waals surface area contributed by atoms with E-state index in [1.165, 1.54) is 0 Å². The van der Waals surface area contributed by atoms with Crippen LogP contribution in [-0.4, -0.2) is 33.5 Å². The second kappa shape index (κ2) is 9.65. The fourth-order valence-corrected chi connectivity index (χ4v) is 4.57. The molecule has 172 valence electrons. The number of aromatic nitrogens is 3. The third-order valence-corrected chi connectivity index (χ3v) is 6.29. The van der Waals surface area contributed by atoms with Crippen molar-refractivity contribution in [2.45, 2.75) is 19.4 Å². The molecule has 2 aromatic carbocycles. The zero-order chi connectivity index (χ0) is 23.5. The molecular formula is C26H24ClN5O2. The number of carbonyl (C=O) groups is 1. The molecule has 5 rings (SSSR count). The second-order valence-corrected chi connectivity index (χ2v) is 8.88. The van der Waals surface area contributed by atoms with E-state index in [0.717, 1.165) is 18.4 Å². The van der Waals surface area contributed by atoms with Crippen molar-refractivity contribution in [1.82, 2.24) is 14.5 Å². The number of nitrogens with zero attached hydrogens (tertiary/aromatic N) is 4. The molecule has 3 heterocycles. The van der Waals surface area contributed by atoms with Gasteiger partial charge in [0.25, 0.3) is 5.56 Å². The Kier molecular flexibility index (Phi) is 6.27. The summed E-state index contributed by atoms with van der Waals surface area (Å²) in [6, 6.07) is 20.6. The molecule has 1 fully saturated rings. The number of anilines is 2. The van der Waals surface area contributed by atoms with Crippen LogP contribution in [-0.2, 0) is 11.3 Å². The van der Waals surface area contributed by atoms with E-state index in [0.29, 0.717) is 47.3 Å². The summed E-state index contributed by atoms with van der Waals surface area (Å²) in [7, 11) is 0. The molecule has 8 heteroatoms. The number of carbonyl (C=O) groups excluding carboxylic acids is 1. The molecule has 1 aliphatic heterocycles. The van der Waals surface area contributed by atoms with Gasteiger partial charge in [0.1, 0.15) is 5.52 Å². The van der Waals surface area contributed by atoms with Gasteiger partial charge in [-0.3, -0.25) is 14.2 Å². The van der Waals surface area contributed by atoms with Gasteiger partial charge >= 0.3 is 0 Å². The summed E-state index contributed by atoms with van der Waals surface area (Å²) in [6.07, 6.45) is 3.20. The van der Waals surface area contributed by atoms with Crippen LogP contribution in [0.25, 0.3) is 11.2 Å². The smallest absolute Gasteiger partial charge is 0.295 e. The van der Waals surface area contributed by atoms with Crippen molar-refractivity contribution in [1.29, 1.82) is 0 Å². The molecule has 7 nitrogen and oxygen atoms in total. The van der Waals surface area contributed by atoms with Crippen LogP contribution in [0.15, 0.2) is 77.7 Å². The maximum Gasteiger partial charge on any atom is 0.295 e. The highest BCUT2D eigenvalue weighted by Gasteiger charge is 2.29. The first-order valence-corrected chi connectivity index (χ1v) is 11.7. The summed E-state index contributed by atoms with van der Waals surface area (Å²) in [4.78, 5) is 37.6. The largest absolute Gasteiger partial charge is 0.351 e. The Bertz CT molecular complexity index is 1390. The second-order valence-electron chi connectivity index (χ2n) is 8.44. The van der Waals surface area contributed by atoms with Crippen LogP contribution in [0.4, 0.5) is 11.5 Å². The zero-order valence-electron chi connectivity index (χ0n) is 18.5. The average molecular weight is 474 g/mol. The number of pyridine rings is 1. The predicted molar refractivity (Wildman–Crippen MR) is 134 cm³/mol. The Morgan fingerprint density at radius 3 is 2.76 bits per heavy atom. The van der Waals surface area contributed by atoms with Gasteiger partial charge in [-0.1, -0.05) is 48.0 Å². The van der Waals surface area contributed by atoms with Crippen LogP contribution in [0.3, 0.4) is 0 Å². The van der Waals surface area contributed by atoms with Gasteiger partial charge in [0.15, 0.2) is 11.5 Å². The number of hydrogen-bond acceptors (Lipinski definition) is 5. The van der Waals surface area contributed by atoms with Crippen LogP contribution >= 0.6 is 11.6 Å². The van der Waals surface area contributed by atoms with E-state index in [-0.39, 0.29) is 17.4 Å². The Morgan fingerprint density at radius 1 is 1.09 bits per heavy atom. The van der Waals surface area contributed by atoms with E-state index in [4.69, 9.17) is 11.6 Å². The van der Waals surface area contributed by atoms with Crippen LogP contribution < -0.4 is 15.8 Å². The van der Waals surface area contributed by atoms with Crippen molar-refractivity contribution in [3.8, 4) is 0 Å². The lowest BCUT2D eigenvalue weighted by atomic mass is 9.97. The third-order valence-electron chi connectivity index (χ3n) is 6.05. The van der Waals surface area contributed by atoms with Crippen LogP contribution in [0, 0.1) is 5.92 Å². The summed E-state index contributed by atoms with van der Waals surface area (Å²) in [6.45, 7) is 1.49. The standard InChI is InChI=1S/C26H24ClN5O2/c27-20-10-4-11-21(15-20)29-25(33)19-9-6-14-31(17-19)24-26(34)32(16-18-7-2-1-3-8-18)23-22(30-24)12-5-13-28-23/h1-5,7-8,10-13,15,19H,6,9,14,16-17H2,(H,29,33). The highest BCUT2D eigenvalue weighted by atomic mass is 35.5. The molecule has 1 saturated heterocycles. The van der Waals surface area contributed by atoms with Crippen molar-refractivity contribution in [3.05, 3.63) is 93.9 Å². The number of hydrogen-bond donors (Lipinski definition) is 1. The SMILES string of the molecule is O=C(Nc1cccc(Cl)c1)C1CCCN(c2nc3cccnc3n(Cc3ccccc3)c2=O)C1. The van der Waals surface area contributed by atoms with E-state index in [1.807, 2.05) is 53.4 Å². The molecule has 0 radical (unpaired) electrons. The summed E-state index contributed by atoms with van der Waals surface area (Å²) in [5, 5.41) is 3.51. The lowest BCUT2D eigenvalue weighted by molar-refractivity contribution is -0.120. The molecule has 0 bridgehead atoms. The fraction of sp³-hybridized carbons (Fsp3) is 0.231. The van der Waals surface area contributed by atoms with Crippen molar-refractivity contribution < 1.29 is 4.79 Å². The summed E-state index contributed by atoms with van der Waals surface area (Å²) >= 11 is 6.05. The Morgan fingerprint density at radius 2 is 1.94 bits per heavy atom. The van der Waals surface area contributed by atoms with E-state index in [1.54, 1.807) is 29.0 Å². The van der Waals surface area contributed by atoms with Gasteiger partial charge in [0.05, 0.1) is 12.5 Å². The number of benzene rings is 2. The fourth-order valence-electron chi connectivity index (χ4n) is 4.38. The molecule has 0 spiro atoms. The quantitative estimate of drug-likeness (QED) is 0.466. The van der Waals surface area contributed by atoms with E-state index >= 15 is 0 Å². The molecule has 1 amide bonds. The summed E-state index contributed by atoms with van der Waals surface area (Å²) in [5.74, 6) is 0.0109. The molecule has 1 unspecified atom stereocenters. The minimum Gasteiger partial charge on any atom is -0.351 e. The molecule has 34 heavy (non-hydrogen) atoms. The molecule has 4 aromatic rings. The number of rotatable bonds is 5. The molecule has 0 aliphatic carbocycles. The molecular weight excluding hydrogens is 450 g/mol. The van der Waals surface area contributed by atoms with Crippen molar-refractivity contribution in [2.24, 2.45) is 5.92 Å². The van der Waals surface area contributed by atoms with Crippen molar-refractivity contribution in [2.75, 3.05) is 23.3 Å². The molecule has 2 aromatic heterocycles.